The van der Waals surface area contributed by atoms with Gasteiger partial charge >= 0.3 is 0 Å². The lowest BCUT2D eigenvalue weighted by molar-refractivity contribution is 0.241. The van der Waals surface area contributed by atoms with Gasteiger partial charge < -0.3 is 0 Å². The molecular weight excluding hydrogens is 252 g/mol. The minimum Gasteiger partial charge on any atom is -0.294 e. The molecule has 0 saturated carbocycles. The normalized spacial score (nSPS) is 19.9. The number of rotatable bonds is 4. The first-order chi connectivity index (χ1) is 9.66. The van der Waals surface area contributed by atoms with Crippen LogP contribution >= 0.6 is 0 Å². The van der Waals surface area contributed by atoms with E-state index in [2.05, 4.69) is 33.9 Å². The van der Waals surface area contributed by atoms with Crippen LogP contribution in [-0.2, 0) is 13.6 Å². The fraction of sp³-hybridized carbons (Fsp3) is 0.643. The van der Waals surface area contributed by atoms with Crippen LogP contribution in [0.3, 0.4) is 0 Å². The lowest BCUT2D eigenvalue weighted by atomic mass is 10.0. The SMILES string of the molecule is Cc1nn(C)c(C)c1[C@H]1CCCN1CCn1cncn1. The summed E-state index contributed by atoms with van der Waals surface area (Å²) >= 11 is 0. The van der Waals surface area contributed by atoms with Crippen LogP contribution in [0, 0.1) is 13.8 Å². The Morgan fingerprint density at radius 2 is 2.15 bits per heavy atom. The minimum absolute atomic E-state index is 0.507. The molecule has 20 heavy (non-hydrogen) atoms. The molecule has 3 heterocycles. The molecular formula is C14H22N6. The molecule has 0 aliphatic carbocycles. The maximum absolute atomic E-state index is 4.56. The van der Waals surface area contributed by atoms with Gasteiger partial charge in [0.1, 0.15) is 12.7 Å². The summed E-state index contributed by atoms with van der Waals surface area (Å²) < 4.78 is 3.90. The van der Waals surface area contributed by atoms with Gasteiger partial charge in [0.05, 0.1) is 12.2 Å². The molecule has 3 rings (SSSR count). The molecule has 0 radical (unpaired) electrons. The van der Waals surface area contributed by atoms with E-state index in [0.29, 0.717) is 6.04 Å². The molecule has 1 saturated heterocycles. The average molecular weight is 274 g/mol. The Bertz CT molecular complexity index is 571. The van der Waals surface area contributed by atoms with Crippen LogP contribution in [0.4, 0.5) is 0 Å². The maximum atomic E-state index is 4.56. The van der Waals surface area contributed by atoms with E-state index in [4.69, 9.17) is 0 Å². The fourth-order valence-electron chi connectivity index (χ4n) is 3.27. The third-order valence-electron chi connectivity index (χ3n) is 4.34. The number of aryl methyl sites for hydroxylation is 2. The predicted molar refractivity (Wildman–Crippen MR) is 76.3 cm³/mol. The van der Waals surface area contributed by atoms with Crippen molar-refractivity contribution in [3.8, 4) is 0 Å². The number of hydrogen-bond acceptors (Lipinski definition) is 4. The van der Waals surface area contributed by atoms with E-state index in [0.717, 1.165) is 19.6 Å². The molecule has 0 N–H and O–H groups in total. The highest BCUT2D eigenvalue weighted by atomic mass is 15.3. The topological polar surface area (TPSA) is 51.8 Å². The van der Waals surface area contributed by atoms with Gasteiger partial charge in [0.25, 0.3) is 0 Å². The molecule has 0 amide bonds. The Labute approximate surface area is 119 Å². The predicted octanol–water partition coefficient (Wildman–Crippen LogP) is 1.47. The molecule has 1 aliphatic heterocycles. The minimum atomic E-state index is 0.507. The van der Waals surface area contributed by atoms with Crippen LogP contribution in [-0.4, -0.2) is 42.5 Å². The number of nitrogens with zero attached hydrogens (tertiary/aromatic N) is 6. The molecule has 0 bridgehead atoms. The molecule has 6 heteroatoms. The maximum Gasteiger partial charge on any atom is 0.137 e. The van der Waals surface area contributed by atoms with Gasteiger partial charge in [-0.25, -0.2) is 4.98 Å². The first-order valence-electron chi connectivity index (χ1n) is 7.23. The van der Waals surface area contributed by atoms with Gasteiger partial charge in [-0.1, -0.05) is 0 Å². The number of aromatic nitrogens is 5. The molecule has 2 aromatic rings. The average Bonchev–Trinajstić information content (AvgIpc) is 3.10. The van der Waals surface area contributed by atoms with E-state index in [9.17, 15) is 0 Å². The number of hydrogen-bond donors (Lipinski definition) is 0. The van der Waals surface area contributed by atoms with Crippen molar-refractivity contribution < 1.29 is 0 Å². The van der Waals surface area contributed by atoms with Crippen molar-refractivity contribution in [1.29, 1.82) is 0 Å². The van der Waals surface area contributed by atoms with Gasteiger partial charge in [0.15, 0.2) is 0 Å². The molecule has 1 atom stereocenters. The second-order valence-electron chi connectivity index (χ2n) is 5.56. The van der Waals surface area contributed by atoms with Gasteiger partial charge in [-0.05, 0) is 33.2 Å². The molecule has 108 valence electrons. The largest absolute Gasteiger partial charge is 0.294 e. The number of likely N-dealkylation sites (tertiary alicyclic amines) is 1. The summed E-state index contributed by atoms with van der Waals surface area (Å²) in [6, 6.07) is 0.507. The smallest absolute Gasteiger partial charge is 0.137 e. The third-order valence-corrected chi connectivity index (χ3v) is 4.34. The summed E-state index contributed by atoms with van der Waals surface area (Å²) in [5.74, 6) is 0. The van der Waals surface area contributed by atoms with Crippen molar-refractivity contribution >= 4 is 0 Å². The summed E-state index contributed by atoms with van der Waals surface area (Å²) in [5.41, 5.74) is 3.88. The zero-order valence-electron chi connectivity index (χ0n) is 12.5. The Morgan fingerprint density at radius 1 is 1.30 bits per heavy atom. The molecule has 6 nitrogen and oxygen atoms in total. The summed E-state index contributed by atoms with van der Waals surface area (Å²) in [6.45, 7) is 7.36. The molecule has 1 fully saturated rings. The van der Waals surface area contributed by atoms with Crippen LogP contribution in [0.1, 0.15) is 35.8 Å². The van der Waals surface area contributed by atoms with Crippen LogP contribution in [0.25, 0.3) is 0 Å². The highest BCUT2D eigenvalue weighted by Crippen LogP contribution is 2.35. The molecule has 2 aromatic heterocycles. The zero-order chi connectivity index (χ0) is 14.1. The summed E-state index contributed by atoms with van der Waals surface area (Å²) in [5, 5.41) is 8.74. The molecule has 1 aliphatic rings. The highest BCUT2D eigenvalue weighted by Gasteiger charge is 2.29. The lowest BCUT2D eigenvalue weighted by Gasteiger charge is -2.25. The summed E-state index contributed by atoms with van der Waals surface area (Å²) in [6.07, 6.45) is 5.86. The van der Waals surface area contributed by atoms with Crippen molar-refractivity contribution in [3.63, 3.8) is 0 Å². The van der Waals surface area contributed by atoms with E-state index in [1.807, 2.05) is 16.4 Å². The summed E-state index contributed by atoms with van der Waals surface area (Å²) in [4.78, 5) is 6.55. The zero-order valence-corrected chi connectivity index (χ0v) is 12.5. The third kappa shape index (κ3) is 2.35. The van der Waals surface area contributed by atoms with Crippen molar-refractivity contribution in [3.05, 3.63) is 29.6 Å². The van der Waals surface area contributed by atoms with Crippen molar-refractivity contribution in [2.45, 2.75) is 39.3 Å². The van der Waals surface area contributed by atoms with Crippen LogP contribution < -0.4 is 0 Å². The molecule has 0 aromatic carbocycles. The summed E-state index contributed by atoms with van der Waals surface area (Å²) in [7, 11) is 2.03. The van der Waals surface area contributed by atoms with Crippen LogP contribution in [0.2, 0.25) is 0 Å². The first-order valence-corrected chi connectivity index (χ1v) is 7.23. The van der Waals surface area contributed by atoms with Gasteiger partial charge in [0.2, 0.25) is 0 Å². The Kier molecular flexibility index (Phi) is 3.56. The lowest BCUT2D eigenvalue weighted by Crippen LogP contribution is -2.28. The Morgan fingerprint density at radius 3 is 2.80 bits per heavy atom. The fourth-order valence-corrected chi connectivity index (χ4v) is 3.27. The van der Waals surface area contributed by atoms with Crippen LogP contribution in [0.5, 0.6) is 0 Å². The van der Waals surface area contributed by atoms with Crippen LogP contribution in [0.15, 0.2) is 12.7 Å². The van der Waals surface area contributed by atoms with Gasteiger partial charge in [-0.2, -0.15) is 10.2 Å². The van der Waals surface area contributed by atoms with E-state index in [1.54, 1.807) is 12.7 Å². The first kappa shape index (κ1) is 13.3. The van der Waals surface area contributed by atoms with Crippen molar-refractivity contribution in [2.75, 3.05) is 13.1 Å². The van der Waals surface area contributed by atoms with E-state index >= 15 is 0 Å². The standard InChI is InChI=1S/C14H22N6/c1-11-14(12(2)18(3)17-11)13-5-4-6-19(13)7-8-20-10-15-9-16-20/h9-10,13H,4-8H2,1-3H3/t13-/m1/s1. The quantitative estimate of drug-likeness (QED) is 0.847. The van der Waals surface area contributed by atoms with E-state index in [-0.39, 0.29) is 0 Å². The van der Waals surface area contributed by atoms with Gasteiger partial charge in [0, 0.05) is 30.9 Å². The van der Waals surface area contributed by atoms with Crippen molar-refractivity contribution in [2.24, 2.45) is 7.05 Å². The van der Waals surface area contributed by atoms with Crippen molar-refractivity contribution in [1.82, 2.24) is 29.4 Å². The van der Waals surface area contributed by atoms with Gasteiger partial charge in [-0.15, -0.1) is 0 Å². The Hall–Kier alpha value is -1.69. The second-order valence-corrected chi connectivity index (χ2v) is 5.56. The molecule has 0 unspecified atom stereocenters. The highest BCUT2D eigenvalue weighted by molar-refractivity contribution is 5.29. The molecule has 0 spiro atoms. The van der Waals surface area contributed by atoms with E-state index < -0.39 is 0 Å². The van der Waals surface area contributed by atoms with E-state index in [1.165, 1.54) is 29.8 Å². The second kappa shape index (κ2) is 5.36. The van der Waals surface area contributed by atoms with Gasteiger partial charge in [-0.3, -0.25) is 14.3 Å². The Balaban J connectivity index is 1.75. The monoisotopic (exact) mass is 274 g/mol.